The number of aromatic nitrogens is 5. The van der Waals surface area contributed by atoms with E-state index in [-0.39, 0.29) is 17.6 Å². The molecule has 1 saturated heterocycles. The quantitative estimate of drug-likeness (QED) is 0.384. The summed E-state index contributed by atoms with van der Waals surface area (Å²) in [6, 6.07) is 15.7. The molecular formula is C29H35N7O3. The van der Waals surface area contributed by atoms with Gasteiger partial charge in [0.25, 0.3) is 5.56 Å². The molecule has 10 nitrogen and oxygen atoms in total. The molecule has 0 bridgehead atoms. The lowest BCUT2D eigenvalue weighted by atomic mass is 9.95. The molecule has 3 heterocycles. The molecule has 1 saturated carbocycles. The zero-order valence-electron chi connectivity index (χ0n) is 22.5. The third-order valence-corrected chi connectivity index (χ3v) is 8.16. The van der Waals surface area contributed by atoms with E-state index in [9.17, 15) is 4.79 Å². The fourth-order valence-electron chi connectivity index (χ4n) is 6.11. The van der Waals surface area contributed by atoms with Crippen molar-refractivity contribution in [3.05, 3.63) is 70.3 Å². The maximum atomic E-state index is 13.6. The number of pyridine rings is 1. The van der Waals surface area contributed by atoms with Crippen LogP contribution < -0.4 is 19.9 Å². The van der Waals surface area contributed by atoms with Gasteiger partial charge < -0.3 is 19.4 Å². The number of nitrogens with one attached hydrogen (secondary N) is 1. The van der Waals surface area contributed by atoms with Crippen molar-refractivity contribution >= 4 is 16.6 Å². The van der Waals surface area contributed by atoms with Crippen molar-refractivity contribution in [2.45, 2.75) is 44.2 Å². The lowest BCUT2D eigenvalue weighted by molar-refractivity contribution is 0.192. The Morgan fingerprint density at radius 2 is 1.74 bits per heavy atom. The van der Waals surface area contributed by atoms with Crippen LogP contribution in [0.3, 0.4) is 0 Å². The molecule has 2 fully saturated rings. The molecule has 10 heteroatoms. The zero-order chi connectivity index (χ0) is 26.8. The van der Waals surface area contributed by atoms with Crippen molar-refractivity contribution in [1.29, 1.82) is 0 Å². The second-order valence-electron chi connectivity index (χ2n) is 10.4. The number of ether oxygens (including phenoxy) is 2. The third-order valence-electron chi connectivity index (χ3n) is 8.16. The second kappa shape index (κ2) is 11.1. The zero-order valence-corrected chi connectivity index (χ0v) is 22.5. The number of rotatable bonds is 7. The van der Waals surface area contributed by atoms with Gasteiger partial charge >= 0.3 is 0 Å². The Labute approximate surface area is 227 Å². The lowest BCUT2D eigenvalue weighted by Crippen LogP contribution is -2.49. The predicted octanol–water partition coefficient (Wildman–Crippen LogP) is 3.95. The maximum Gasteiger partial charge on any atom is 0.253 e. The molecule has 1 atom stereocenters. The van der Waals surface area contributed by atoms with Gasteiger partial charge in [-0.15, -0.1) is 5.10 Å². The Balaban J connectivity index is 1.39. The summed E-state index contributed by atoms with van der Waals surface area (Å²) in [6.45, 7) is 3.08. The fraction of sp³-hybridized carbons (Fsp3) is 0.448. The molecule has 2 aromatic heterocycles. The van der Waals surface area contributed by atoms with Crippen LogP contribution in [0.25, 0.3) is 10.9 Å². The number of hydrogen-bond acceptors (Lipinski definition) is 8. The number of aromatic amines is 1. The minimum absolute atomic E-state index is 0.122. The highest BCUT2D eigenvalue weighted by Gasteiger charge is 2.34. The number of methoxy groups -OCH3 is 2. The molecule has 0 spiro atoms. The number of benzene rings is 2. The lowest BCUT2D eigenvalue weighted by Gasteiger charge is -2.40. The SMILES string of the molecule is COc1ccc2[nH]c(=O)c(C(c3nnnn3C3CCCCC3)N3CCN(c4ccccc4OC)CC3)cc2c1. The van der Waals surface area contributed by atoms with E-state index in [1.54, 1.807) is 14.2 Å². The molecule has 0 amide bonds. The molecule has 1 unspecified atom stereocenters. The van der Waals surface area contributed by atoms with E-state index in [1.165, 1.54) is 19.3 Å². The van der Waals surface area contributed by atoms with Crippen LogP contribution in [0.4, 0.5) is 5.69 Å². The fourth-order valence-corrected chi connectivity index (χ4v) is 6.11. The average Bonchev–Trinajstić information content (AvgIpc) is 3.47. The summed E-state index contributed by atoms with van der Waals surface area (Å²) in [6.07, 6.45) is 5.69. The molecule has 1 aliphatic heterocycles. The molecule has 0 radical (unpaired) electrons. The van der Waals surface area contributed by atoms with Gasteiger partial charge in [-0.25, -0.2) is 4.68 Å². The monoisotopic (exact) mass is 529 g/mol. The van der Waals surface area contributed by atoms with E-state index in [2.05, 4.69) is 36.4 Å². The molecule has 2 aliphatic rings. The average molecular weight is 530 g/mol. The highest BCUT2D eigenvalue weighted by atomic mass is 16.5. The Hall–Kier alpha value is -3.92. The Morgan fingerprint density at radius 1 is 0.949 bits per heavy atom. The van der Waals surface area contributed by atoms with Crippen molar-refractivity contribution < 1.29 is 9.47 Å². The van der Waals surface area contributed by atoms with E-state index in [1.807, 2.05) is 47.1 Å². The second-order valence-corrected chi connectivity index (χ2v) is 10.4. The van der Waals surface area contributed by atoms with E-state index in [0.29, 0.717) is 5.56 Å². The van der Waals surface area contributed by atoms with Crippen molar-refractivity contribution in [2.24, 2.45) is 0 Å². The van der Waals surface area contributed by atoms with E-state index >= 15 is 0 Å². The van der Waals surface area contributed by atoms with Crippen molar-refractivity contribution in [2.75, 3.05) is 45.3 Å². The minimum Gasteiger partial charge on any atom is -0.497 e. The highest BCUT2D eigenvalue weighted by Crippen LogP contribution is 2.35. The van der Waals surface area contributed by atoms with E-state index in [4.69, 9.17) is 9.47 Å². The van der Waals surface area contributed by atoms with Crippen molar-refractivity contribution in [1.82, 2.24) is 30.1 Å². The van der Waals surface area contributed by atoms with E-state index in [0.717, 1.165) is 72.9 Å². The molecule has 39 heavy (non-hydrogen) atoms. The summed E-state index contributed by atoms with van der Waals surface area (Å²) < 4.78 is 13.1. The molecule has 6 rings (SSSR count). The number of nitrogens with zero attached hydrogens (tertiary/aromatic N) is 6. The number of H-pyrrole nitrogens is 1. The number of fused-ring (bicyclic) bond motifs is 1. The van der Waals surface area contributed by atoms with Crippen LogP contribution in [0.5, 0.6) is 11.5 Å². The van der Waals surface area contributed by atoms with Gasteiger partial charge in [0, 0.05) is 42.6 Å². The van der Waals surface area contributed by atoms with Gasteiger partial charge in [0.05, 0.1) is 25.9 Å². The summed E-state index contributed by atoms with van der Waals surface area (Å²) in [4.78, 5) is 21.4. The van der Waals surface area contributed by atoms with Crippen LogP contribution in [-0.2, 0) is 0 Å². The summed E-state index contributed by atoms with van der Waals surface area (Å²) in [7, 11) is 3.35. The number of hydrogen-bond donors (Lipinski definition) is 1. The third kappa shape index (κ3) is 4.96. The van der Waals surface area contributed by atoms with Gasteiger partial charge in [-0.3, -0.25) is 9.69 Å². The van der Waals surface area contributed by atoms with Crippen LogP contribution in [0, 0.1) is 0 Å². The van der Waals surface area contributed by atoms with E-state index < -0.39 is 0 Å². The topological polar surface area (TPSA) is 101 Å². The van der Waals surface area contributed by atoms with Crippen LogP contribution in [-0.4, -0.2) is 70.5 Å². The highest BCUT2D eigenvalue weighted by molar-refractivity contribution is 5.80. The van der Waals surface area contributed by atoms with Gasteiger partial charge in [-0.2, -0.15) is 0 Å². The Bertz CT molecular complexity index is 1490. The summed E-state index contributed by atoms with van der Waals surface area (Å²) >= 11 is 0. The van der Waals surface area contributed by atoms with Gasteiger partial charge in [-0.1, -0.05) is 31.4 Å². The van der Waals surface area contributed by atoms with Crippen LogP contribution in [0.2, 0.25) is 0 Å². The van der Waals surface area contributed by atoms with Crippen LogP contribution in [0.1, 0.15) is 55.6 Å². The molecule has 2 aromatic carbocycles. The standard InChI is InChI=1S/C29H35N7O3/c1-38-22-12-13-24-20(18-22)19-23(29(37)30-24)27(28-31-32-33-36(28)21-8-4-3-5-9-21)35-16-14-34(15-17-35)25-10-6-7-11-26(25)39-2/h6-7,10-13,18-19,21,27H,3-5,8-9,14-17H2,1-2H3,(H,30,37). The minimum atomic E-state index is -0.374. The first-order valence-electron chi connectivity index (χ1n) is 13.8. The first-order valence-corrected chi connectivity index (χ1v) is 13.8. The summed E-state index contributed by atoms with van der Waals surface area (Å²) in [5, 5.41) is 14.0. The maximum absolute atomic E-state index is 13.6. The Morgan fingerprint density at radius 3 is 2.51 bits per heavy atom. The predicted molar refractivity (Wildman–Crippen MR) is 150 cm³/mol. The molecular weight excluding hydrogens is 494 g/mol. The van der Waals surface area contributed by atoms with Crippen molar-refractivity contribution in [3.8, 4) is 11.5 Å². The smallest absolute Gasteiger partial charge is 0.253 e. The first kappa shape index (κ1) is 25.4. The molecule has 1 aliphatic carbocycles. The molecule has 4 aromatic rings. The molecule has 204 valence electrons. The molecule has 1 N–H and O–H groups in total. The van der Waals surface area contributed by atoms with Crippen molar-refractivity contribution in [3.63, 3.8) is 0 Å². The number of anilines is 1. The van der Waals surface area contributed by atoms with Gasteiger partial charge in [-0.05, 0) is 59.7 Å². The van der Waals surface area contributed by atoms with Gasteiger partial charge in [0.2, 0.25) is 0 Å². The number of piperazine rings is 1. The summed E-state index contributed by atoms with van der Waals surface area (Å²) in [5.74, 6) is 2.35. The first-order chi connectivity index (χ1) is 19.2. The largest absolute Gasteiger partial charge is 0.497 e. The van der Waals surface area contributed by atoms with Crippen LogP contribution >= 0.6 is 0 Å². The Kier molecular flexibility index (Phi) is 7.19. The number of tetrazole rings is 1. The summed E-state index contributed by atoms with van der Waals surface area (Å²) in [5.41, 5.74) is 2.38. The number of para-hydroxylation sites is 2. The van der Waals surface area contributed by atoms with Gasteiger partial charge in [0.15, 0.2) is 5.82 Å². The normalized spacial score (nSPS) is 17.8. The van der Waals surface area contributed by atoms with Gasteiger partial charge in [0.1, 0.15) is 17.5 Å². The van der Waals surface area contributed by atoms with Crippen LogP contribution in [0.15, 0.2) is 53.3 Å².